The molecule has 0 radical (unpaired) electrons. The Morgan fingerprint density at radius 2 is 1.77 bits per heavy atom. The van der Waals surface area contributed by atoms with Gasteiger partial charge in [-0.15, -0.1) is 11.8 Å². The van der Waals surface area contributed by atoms with E-state index in [0.717, 1.165) is 17.7 Å². The van der Waals surface area contributed by atoms with E-state index in [-0.39, 0.29) is 17.9 Å². The third kappa shape index (κ3) is 12.1. The second-order valence-corrected chi connectivity index (χ2v) is 10.8. The number of rotatable bonds is 18. The summed E-state index contributed by atoms with van der Waals surface area (Å²) in [6.45, 7) is 2.23. The van der Waals surface area contributed by atoms with Gasteiger partial charge in [0, 0.05) is 16.7 Å². The fraction of sp³-hybridized carbons (Fsp3) is 0.516. The van der Waals surface area contributed by atoms with Crippen LogP contribution in [0.15, 0.2) is 41.3 Å². The third-order valence-electron chi connectivity index (χ3n) is 6.33. The minimum Gasteiger partial charge on any atom is -0.481 e. The van der Waals surface area contributed by atoms with E-state index in [9.17, 15) is 19.8 Å². The van der Waals surface area contributed by atoms with Crippen LogP contribution in [0.25, 0.3) is 10.9 Å². The maximum Gasteiger partial charge on any atom is 0.341 e. The van der Waals surface area contributed by atoms with Crippen molar-refractivity contribution in [3.05, 3.63) is 42.0 Å². The molecule has 7 nitrogen and oxygen atoms in total. The van der Waals surface area contributed by atoms with Gasteiger partial charge in [0.2, 0.25) is 5.88 Å². The van der Waals surface area contributed by atoms with E-state index in [4.69, 9.17) is 9.84 Å². The highest BCUT2D eigenvalue weighted by atomic mass is 32.2. The van der Waals surface area contributed by atoms with Crippen LogP contribution in [0.4, 0.5) is 0 Å². The molecule has 0 aliphatic carbocycles. The van der Waals surface area contributed by atoms with Crippen molar-refractivity contribution in [2.75, 3.05) is 7.11 Å². The number of aliphatic hydroxyl groups excluding tert-OH is 1. The van der Waals surface area contributed by atoms with E-state index in [1.807, 2.05) is 18.2 Å². The number of thioether (sulfide) groups is 1. The maximum absolute atomic E-state index is 11.5. The fourth-order valence-electron chi connectivity index (χ4n) is 4.14. The standard InChI is InChI=1S/C31H41NO6S/c1-3-4-5-6-7-8-9-10-11-12-13-14-17-28(27(33)16-15-18-29(34)35)39-24-20-19-23-21-25(31(36)37)30(38-2)32-26(23)22-24/h12-13,19-22,27-28,33H,3-11,15-16,18H2,1-2H3,(H,34,35)(H,36,37)/t27-,28+/m0/s1. The number of hydrogen-bond acceptors (Lipinski definition) is 6. The molecule has 0 spiro atoms. The number of fused-ring (bicyclic) bond motifs is 1. The molecule has 0 aliphatic heterocycles. The van der Waals surface area contributed by atoms with E-state index in [1.54, 1.807) is 6.07 Å². The number of carboxylic acid groups (broad SMARTS) is 2. The number of aliphatic carboxylic acids is 1. The molecule has 2 rings (SSSR count). The number of carbonyl (C=O) groups is 2. The van der Waals surface area contributed by atoms with Gasteiger partial charge in [-0.1, -0.05) is 75.9 Å². The molecule has 0 fully saturated rings. The Kier molecular flexibility index (Phi) is 15.1. The average molecular weight is 556 g/mol. The van der Waals surface area contributed by atoms with Gasteiger partial charge in [0.15, 0.2) is 0 Å². The number of nitrogens with zero attached hydrogens (tertiary/aromatic N) is 1. The molecule has 1 aromatic heterocycles. The number of carboxylic acids is 2. The SMILES string of the molecule is CCCCCCCCCCC=CC#C[C@@H](Sc1ccc2cc(C(=O)O)c(OC)nc2c1)[C@@H](O)CCCC(=O)O. The van der Waals surface area contributed by atoms with Crippen molar-refractivity contribution in [1.82, 2.24) is 4.98 Å². The van der Waals surface area contributed by atoms with Gasteiger partial charge in [0.05, 0.1) is 24.0 Å². The number of unbranched alkanes of at least 4 members (excludes halogenated alkanes) is 8. The van der Waals surface area contributed by atoms with Crippen molar-refractivity contribution < 1.29 is 29.6 Å². The highest BCUT2D eigenvalue weighted by Gasteiger charge is 2.20. The lowest BCUT2D eigenvalue weighted by atomic mass is 10.1. The number of pyridine rings is 1. The minimum absolute atomic E-state index is 0.00795. The molecule has 212 valence electrons. The number of benzene rings is 1. The lowest BCUT2D eigenvalue weighted by Gasteiger charge is -2.18. The van der Waals surface area contributed by atoms with Gasteiger partial charge in [-0.25, -0.2) is 9.78 Å². The van der Waals surface area contributed by atoms with Crippen molar-refractivity contribution in [2.45, 2.75) is 100 Å². The summed E-state index contributed by atoms with van der Waals surface area (Å²) in [5, 5.41) is 29.3. The molecule has 3 N–H and O–H groups in total. The van der Waals surface area contributed by atoms with Crippen molar-refractivity contribution in [2.24, 2.45) is 0 Å². The number of aromatic carboxylic acids is 1. The molecule has 0 unspecified atom stereocenters. The summed E-state index contributed by atoms with van der Waals surface area (Å²) in [7, 11) is 1.38. The van der Waals surface area contributed by atoms with Crippen LogP contribution in [-0.4, -0.2) is 50.7 Å². The summed E-state index contributed by atoms with van der Waals surface area (Å²) < 4.78 is 5.15. The van der Waals surface area contributed by atoms with Gasteiger partial charge in [-0.3, -0.25) is 4.79 Å². The molecule has 2 atom stereocenters. The Bertz CT molecular complexity index is 1150. The molecule has 0 saturated heterocycles. The fourth-order valence-corrected chi connectivity index (χ4v) is 5.18. The Hall–Kier alpha value is -3.02. The van der Waals surface area contributed by atoms with Gasteiger partial charge >= 0.3 is 11.9 Å². The first-order chi connectivity index (χ1) is 18.8. The van der Waals surface area contributed by atoms with Crippen molar-refractivity contribution in [1.29, 1.82) is 0 Å². The van der Waals surface area contributed by atoms with Crippen LogP contribution < -0.4 is 4.74 Å². The van der Waals surface area contributed by atoms with Crippen LogP contribution in [-0.2, 0) is 4.79 Å². The highest BCUT2D eigenvalue weighted by molar-refractivity contribution is 8.00. The zero-order valence-electron chi connectivity index (χ0n) is 23.0. The number of allylic oxidation sites excluding steroid dienone is 2. The smallest absolute Gasteiger partial charge is 0.341 e. The molecule has 0 aliphatic rings. The predicted molar refractivity (Wildman–Crippen MR) is 157 cm³/mol. The van der Waals surface area contributed by atoms with Crippen LogP contribution in [0, 0.1) is 11.8 Å². The summed E-state index contributed by atoms with van der Waals surface area (Å²) in [5.41, 5.74) is 0.556. The third-order valence-corrected chi connectivity index (χ3v) is 7.54. The van der Waals surface area contributed by atoms with Crippen LogP contribution in [0.1, 0.15) is 94.3 Å². The first-order valence-electron chi connectivity index (χ1n) is 13.8. The lowest BCUT2D eigenvalue weighted by molar-refractivity contribution is -0.137. The van der Waals surface area contributed by atoms with Gasteiger partial charge in [0.1, 0.15) is 5.56 Å². The topological polar surface area (TPSA) is 117 Å². The van der Waals surface area contributed by atoms with Gasteiger partial charge < -0.3 is 20.1 Å². The van der Waals surface area contributed by atoms with E-state index in [1.165, 1.54) is 69.9 Å². The number of aliphatic hydroxyl groups is 1. The Morgan fingerprint density at radius 1 is 1.05 bits per heavy atom. The van der Waals surface area contributed by atoms with E-state index < -0.39 is 23.3 Å². The quantitative estimate of drug-likeness (QED) is 0.101. The van der Waals surface area contributed by atoms with Crippen molar-refractivity contribution in [3.63, 3.8) is 0 Å². The van der Waals surface area contributed by atoms with Gasteiger partial charge in [-0.2, -0.15) is 0 Å². The van der Waals surface area contributed by atoms with Crippen LogP contribution >= 0.6 is 11.8 Å². The molecular formula is C31H41NO6S. The van der Waals surface area contributed by atoms with E-state index >= 15 is 0 Å². The Morgan fingerprint density at radius 3 is 2.44 bits per heavy atom. The molecule has 1 heterocycles. The Labute approximate surface area is 236 Å². The van der Waals surface area contributed by atoms with Crippen molar-refractivity contribution in [3.8, 4) is 17.7 Å². The van der Waals surface area contributed by atoms with Crippen LogP contribution in [0.2, 0.25) is 0 Å². The first-order valence-corrected chi connectivity index (χ1v) is 14.7. The second kappa shape index (κ2) is 18.3. The summed E-state index contributed by atoms with van der Waals surface area (Å²) in [5.74, 6) is 4.22. The molecule has 39 heavy (non-hydrogen) atoms. The van der Waals surface area contributed by atoms with Crippen molar-refractivity contribution >= 4 is 34.6 Å². The molecule has 2 aromatic rings. The maximum atomic E-state index is 11.5. The van der Waals surface area contributed by atoms with Gasteiger partial charge in [0.25, 0.3) is 0 Å². The number of aromatic nitrogens is 1. The normalized spacial score (nSPS) is 12.7. The zero-order chi connectivity index (χ0) is 28.5. The van der Waals surface area contributed by atoms with Gasteiger partial charge in [-0.05, 0) is 50.0 Å². The molecule has 0 amide bonds. The Balaban J connectivity index is 2.04. The number of methoxy groups -OCH3 is 1. The molecule has 0 bridgehead atoms. The molecule has 1 aromatic carbocycles. The van der Waals surface area contributed by atoms with Crippen LogP contribution in [0.5, 0.6) is 5.88 Å². The summed E-state index contributed by atoms with van der Waals surface area (Å²) in [6, 6.07) is 6.95. The summed E-state index contributed by atoms with van der Waals surface area (Å²) >= 11 is 1.38. The monoisotopic (exact) mass is 555 g/mol. The first kappa shape index (κ1) is 32.2. The summed E-state index contributed by atoms with van der Waals surface area (Å²) in [6.07, 6.45) is 14.9. The van der Waals surface area contributed by atoms with E-state index in [0.29, 0.717) is 23.7 Å². The summed E-state index contributed by atoms with van der Waals surface area (Å²) in [4.78, 5) is 27.5. The minimum atomic E-state index is -1.12. The number of hydrogen-bond donors (Lipinski definition) is 3. The second-order valence-electron chi connectivity index (χ2n) is 9.55. The molecule has 0 saturated carbocycles. The lowest BCUT2D eigenvalue weighted by Crippen LogP contribution is -2.21. The number of ether oxygens (including phenoxy) is 1. The van der Waals surface area contributed by atoms with E-state index in [2.05, 4.69) is 29.8 Å². The largest absolute Gasteiger partial charge is 0.481 e. The highest BCUT2D eigenvalue weighted by Crippen LogP contribution is 2.31. The zero-order valence-corrected chi connectivity index (χ0v) is 23.8. The average Bonchev–Trinajstić information content (AvgIpc) is 2.91. The molecule has 8 heteroatoms. The van der Waals surface area contributed by atoms with Crippen LogP contribution in [0.3, 0.4) is 0 Å². The molecular weight excluding hydrogens is 514 g/mol. The predicted octanol–water partition coefficient (Wildman–Crippen LogP) is 7.11.